The largest absolute Gasteiger partial charge is 0.481 e. The number of unbranched alkanes of at least 4 members (excludes halogenated alkanes) is 1. The summed E-state index contributed by atoms with van der Waals surface area (Å²) < 4.78 is 5.54. The van der Waals surface area contributed by atoms with Crippen molar-refractivity contribution in [3.05, 3.63) is 107 Å². The van der Waals surface area contributed by atoms with Crippen molar-refractivity contribution in [1.82, 2.24) is 37.2 Å². The van der Waals surface area contributed by atoms with Crippen molar-refractivity contribution in [2.75, 3.05) is 25.4 Å². The zero-order chi connectivity index (χ0) is 61.2. The van der Waals surface area contributed by atoms with Crippen molar-refractivity contribution in [3.8, 4) is 0 Å². The van der Waals surface area contributed by atoms with Gasteiger partial charge in [-0.3, -0.25) is 43.2 Å². The Labute approximate surface area is 483 Å². The molecule has 3 aromatic carbocycles. The lowest BCUT2D eigenvalue weighted by atomic mass is 10.0. The number of thioether (sulfide) groups is 1. The molecular weight excluding hydrogens is 1100 g/mol. The molecule has 0 aromatic heterocycles. The number of aliphatic carboxylic acids is 3. The Morgan fingerprint density at radius 3 is 1.60 bits per heavy atom. The van der Waals surface area contributed by atoms with Crippen molar-refractivity contribution in [2.24, 2.45) is 11.7 Å². The maximum absolute atomic E-state index is 14.5. The van der Waals surface area contributed by atoms with Crippen molar-refractivity contribution >= 4 is 71.0 Å². The van der Waals surface area contributed by atoms with E-state index in [0.29, 0.717) is 29.7 Å². The quantitative estimate of drug-likeness (QED) is 0.0298. The maximum atomic E-state index is 14.5. The lowest BCUT2D eigenvalue weighted by Gasteiger charge is -2.39. The fraction of sp³-hybridized carbons (Fsp3) is 0.500. The molecule has 0 saturated carbocycles. The van der Waals surface area contributed by atoms with Gasteiger partial charge >= 0.3 is 17.9 Å². The number of ether oxygens (including phenoxy) is 1. The van der Waals surface area contributed by atoms with E-state index in [2.05, 4.69) is 37.2 Å². The number of hydrogen-bond acceptors (Lipinski definition) is 17. The number of hydrogen-bond donors (Lipinski definition) is 15. The standard InChI is InChI=1S/C56H76N8O18S/c1-31(2)25-41(55(80)81)64-51(76)37(20-21-44(67)68)61-54(79)40(28-45(69)70)63-50(75)36(15-9-10-23-57)60-53(78)39(27-34-13-7-4-8-14-34)62-52(77)38(26-33-11-5-3-6-12-33)59-43(66)29-58-49(74)35-18-16-32(17-19-35)22-24-83-56-48(73)47(72)46(71)42(30-65)82-56/h3-8,11-14,16-19,31,36-42,46-48,56,65,71-73H,9-10,15,20-30,57H2,1-2H3,(H,58,74)(H,59,66)(H,60,78)(H,61,79)(H,62,77)(H,63,75)(H,64,76)(H,67,68)(H,69,70)(H,80,81). The van der Waals surface area contributed by atoms with E-state index in [1.54, 1.807) is 86.6 Å². The fourth-order valence-electron chi connectivity index (χ4n) is 8.68. The summed E-state index contributed by atoms with van der Waals surface area (Å²) in [5, 5.41) is 86.2. The van der Waals surface area contributed by atoms with Crippen molar-refractivity contribution < 1.29 is 88.4 Å². The number of carboxylic acids is 3. The summed E-state index contributed by atoms with van der Waals surface area (Å²) in [5.41, 5.74) is 6.99. The first-order chi connectivity index (χ1) is 39.5. The highest BCUT2D eigenvalue weighted by atomic mass is 32.2. The number of benzene rings is 3. The van der Waals surface area contributed by atoms with Crippen LogP contribution in [0.25, 0.3) is 0 Å². The van der Waals surface area contributed by atoms with Gasteiger partial charge in [-0.05, 0) is 85.6 Å². The summed E-state index contributed by atoms with van der Waals surface area (Å²) in [5.74, 6) is -10.7. The average Bonchev–Trinajstić information content (AvgIpc) is 3.62. The van der Waals surface area contributed by atoms with Crippen LogP contribution in [-0.2, 0) is 67.2 Å². The molecule has 11 atom stereocenters. The van der Waals surface area contributed by atoms with Gasteiger partial charge in [-0.25, -0.2) is 4.79 Å². The van der Waals surface area contributed by atoms with Gasteiger partial charge in [0, 0.05) is 24.8 Å². The molecule has 27 heteroatoms. The zero-order valence-electron chi connectivity index (χ0n) is 46.0. The van der Waals surface area contributed by atoms with Gasteiger partial charge in [-0.1, -0.05) is 86.6 Å². The summed E-state index contributed by atoms with van der Waals surface area (Å²) in [4.78, 5) is 133. The van der Waals surface area contributed by atoms with Crippen molar-refractivity contribution in [2.45, 2.75) is 144 Å². The Balaban J connectivity index is 1.50. The van der Waals surface area contributed by atoms with Crippen LogP contribution in [0.1, 0.15) is 85.8 Å². The second-order valence-corrected chi connectivity index (χ2v) is 21.5. The highest BCUT2D eigenvalue weighted by molar-refractivity contribution is 7.99. The molecule has 0 spiro atoms. The summed E-state index contributed by atoms with van der Waals surface area (Å²) >= 11 is 1.17. The number of carbonyl (C=O) groups excluding carboxylic acids is 7. The smallest absolute Gasteiger partial charge is 0.326 e. The number of nitrogens with one attached hydrogen (secondary N) is 7. The van der Waals surface area contributed by atoms with Gasteiger partial charge in [0.1, 0.15) is 66.1 Å². The van der Waals surface area contributed by atoms with Crippen LogP contribution in [0.4, 0.5) is 0 Å². The molecule has 1 fully saturated rings. The highest BCUT2D eigenvalue weighted by Crippen LogP contribution is 2.29. The highest BCUT2D eigenvalue weighted by Gasteiger charge is 2.43. The van der Waals surface area contributed by atoms with Crippen LogP contribution < -0.4 is 43.0 Å². The number of carboxylic acid groups (broad SMARTS) is 3. The normalized spacial score (nSPS) is 18.8. The van der Waals surface area contributed by atoms with Crippen LogP contribution in [0.5, 0.6) is 0 Å². The van der Waals surface area contributed by atoms with E-state index >= 15 is 0 Å². The van der Waals surface area contributed by atoms with Gasteiger partial charge < -0.3 is 83.4 Å². The number of rotatable bonds is 35. The molecule has 0 bridgehead atoms. The van der Waals surface area contributed by atoms with E-state index in [-0.39, 0.29) is 50.1 Å². The van der Waals surface area contributed by atoms with Gasteiger partial charge in [-0.2, -0.15) is 0 Å². The predicted molar refractivity (Wildman–Crippen MR) is 300 cm³/mol. The molecule has 7 amide bonds. The monoisotopic (exact) mass is 1180 g/mol. The molecule has 1 aliphatic rings. The molecule has 11 unspecified atom stereocenters. The molecule has 1 saturated heterocycles. The molecule has 1 heterocycles. The number of aliphatic hydroxyl groups excluding tert-OH is 4. The first-order valence-corrected chi connectivity index (χ1v) is 28.1. The third-order valence-electron chi connectivity index (χ3n) is 13.2. The SMILES string of the molecule is CC(C)CC(NC(=O)C(CCC(=O)O)NC(=O)C(CC(=O)O)NC(=O)C(CCCCN)NC(=O)C(Cc1ccccc1)NC(=O)C(Cc1ccccc1)NC(=O)CNC(=O)c1ccc(CCSC2OC(CO)C(O)C(O)C2O)cc1)C(=O)O. The first-order valence-electron chi connectivity index (χ1n) is 27.0. The van der Waals surface area contributed by atoms with Gasteiger partial charge in [0.15, 0.2) is 0 Å². The molecule has 4 rings (SSSR count). The van der Waals surface area contributed by atoms with E-state index < -0.39 is 158 Å². The first kappa shape index (κ1) is 68.0. The lowest BCUT2D eigenvalue weighted by molar-refractivity contribution is -0.205. The van der Waals surface area contributed by atoms with Crippen LogP contribution in [0.3, 0.4) is 0 Å². The summed E-state index contributed by atoms with van der Waals surface area (Å²) in [6.07, 6.45) is -7.05. The van der Waals surface area contributed by atoms with Gasteiger partial charge in [0.2, 0.25) is 35.4 Å². The molecule has 16 N–H and O–H groups in total. The van der Waals surface area contributed by atoms with E-state index in [0.717, 1.165) is 5.56 Å². The number of nitrogens with two attached hydrogens (primary N) is 1. The Bertz CT molecular complexity index is 2640. The molecule has 26 nitrogen and oxygen atoms in total. The minimum atomic E-state index is -1.93. The molecule has 0 aliphatic carbocycles. The number of aliphatic hydroxyl groups is 4. The predicted octanol–water partition coefficient (Wildman–Crippen LogP) is -1.51. The number of amides is 7. The third kappa shape index (κ3) is 23.3. The number of aryl methyl sites for hydroxylation is 1. The van der Waals surface area contributed by atoms with E-state index in [4.69, 9.17) is 10.5 Å². The average molecular weight is 1180 g/mol. The summed E-state index contributed by atoms with van der Waals surface area (Å²) in [6.45, 7) is 2.44. The van der Waals surface area contributed by atoms with Crippen LogP contribution in [-0.4, -0.2) is 187 Å². The van der Waals surface area contributed by atoms with Gasteiger partial charge in [0.25, 0.3) is 5.91 Å². The van der Waals surface area contributed by atoms with Crippen LogP contribution in [0.15, 0.2) is 84.9 Å². The molecular formula is C56H76N8O18S. The minimum Gasteiger partial charge on any atom is -0.481 e. The maximum Gasteiger partial charge on any atom is 0.326 e. The summed E-state index contributed by atoms with van der Waals surface area (Å²) in [7, 11) is 0. The van der Waals surface area contributed by atoms with Crippen molar-refractivity contribution in [3.63, 3.8) is 0 Å². The minimum absolute atomic E-state index is 0.0246. The van der Waals surface area contributed by atoms with E-state index in [1.807, 2.05) is 0 Å². The van der Waals surface area contributed by atoms with Crippen LogP contribution in [0, 0.1) is 5.92 Å². The molecule has 83 heavy (non-hydrogen) atoms. The fourth-order valence-corrected chi connectivity index (χ4v) is 9.85. The second kappa shape index (κ2) is 34.8. The Morgan fingerprint density at radius 2 is 1.08 bits per heavy atom. The molecule has 1 aliphatic heterocycles. The molecule has 454 valence electrons. The zero-order valence-corrected chi connectivity index (χ0v) is 46.8. The topological polar surface area (TPSA) is 432 Å². The molecule has 3 aromatic rings. The van der Waals surface area contributed by atoms with Crippen LogP contribution in [0.2, 0.25) is 0 Å². The Kier molecular flexibility index (Phi) is 28.5. The van der Waals surface area contributed by atoms with Crippen LogP contribution >= 0.6 is 11.8 Å². The number of carbonyl (C=O) groups is 10. The van der Waals surface area contributed by atoms with Gasteiger partial charge in [0.05, 0.1) is 19.6 Å². The van der Waals surface area contributed by atoms with E-state index in [1.165, 1.54) is 23.9 Å². The third-order valence-corrected chi connectivity index (χ3v) is 14.3. The Hall–Kier alpha value is -7.53. The van der Waals surface area contributed by atoms with E-state index in [9.17, 15) is 83.7 Å². The lowest BCUT2D eigenvalue weighted by Crippen LogP contribution is -2.60. The Morgan fingerprint density at radius 1 is 0.578 bits per heavy atom. The second-order valence-electron chi connectivity index (χ2n) is 20.3. The summed E-state index contributed by atoms with van der Waals surface area (Å²) in [6, 6.07) is 14.1. The van der Waals surface area contributed by atoms with Gasteiger partial charge in [-0.15, -0.1) is 11.8 Å². The molecule has 0 radical (unpaired) electrons. The van der Waals surface area contributed by atoms with Crippen molar-refractivity contribution in [1.29, 1.82) is 0 Å².